The molecule has 0 amide bonds. The first-order valence-electron chi connectivity index (χ1n) is 5.92. The fourth-order valence-electron chi connectivity index (χ4n) is 1.46. The molecular weight excluding hydrogens is 176 g/mol. The maximum atomic E-state index is 5.50. The van der Waals surface area contributed by atoms with E-state index in [0.29, 0.717) is 6.10 Å². The molecule has 0 bridgehead atoms. The van der Waals surface area contributed by atoms with E-state index in [1.165, 1.54) is 32.1 Å². The van der Waals surface area contributed by atoms with Gasteiger partial charge < -0.3 is 9.47 Å². The summed E-state index contributed by atoms with van der Waals surface area (Å²) in [5, 5.41) is 0. The van der Waals surface area contributed by atoms with Crippen molar-refractivity contribution in [3.63, 3.8) is 0 Å². The van der Waals surface area contributed by atoms with E-state index in [1.807, 2.05) is 0 Å². The molecule has 0 spiro atoms. The molecule has 14 heavy (non-hydrogen) atoms. The van der Waals surface area contributed by atoms with Gasteiger partial charge in [-0.2, -0.15) is 0 Å². The second-order valence-corrected chi connectivity index (χ2v) is 3.98. The van der Waals surface area contributed by atoms with Crippen LogP contribution in [0.2, 0.25) is 0 Å². The maximum Gasteiger partial charge on any atom is 0.0831 e. The molecule has 1 unspecified atom stereocenters. The van der Waals surface area contributed by atoms with Crippen LogP contribution < -0.4 is 0 Å². The number of rotatable bonds is 10. The minimum Gasteiger partial charge on any atom is -0.381 e. The number of epoxide rings is 1. The van der Waals surface area contributed by atoms with Crippen molar-refractivity contribution in [2.75, 3.05) is 19.8 Å². The SMILES string of the molecule is [CH2]CCCCCCCOCCC1CO1. The van der Waals surface area contributed by atoms with Gasteiger partial charge in [0.1, 0.15) is 0 Å². The molecule has 2 nitrogen and oxygen atoms in total. The minimum atomic E-state index is 0.520. The van der Waals surface area contributed by atoms with Gasteiger partial charge in [0.05, 0.1) is 12.7 Å². The van der Waals surface area contributed by atoms with Crippen molar-refractivity contribution in [2.24, 2.45) is 0 Å². The Morgan fingerprint density at radius 3 is 2.50 bits per heavy atom. The molecule has 1 heterocycles. The van der Waals surface area contributed by atoms with E-state index < -0.39 is 0 Å². The largest absolute Gasteiger partial charge is 0.381 e. The van der Waals surface area contributed by atoms with Gasteiger partial charge in [-0.3, -0.25) is 0 Å². The van der Waals surface area contributed by atoms with Crippen molar-refractivity contribution in [1.29, 1.82) is 0 Å². The first-order valence-corrected chi connectivity index (χ1v) is 5.92. The zero-order valence-corrected chi connectivity index (χ0v) is 9.17. The first kappa shape index (κ1) is 12.0. The normalized spacial score (nSPS) is 19.9. The summed E-state index contributed by atoms with van der Waals surface area (Å²) in [6, 6.07) is 0. The van der Waals surface area contributed by atoms with Gasteiger partial charge in [-0.25, -0.2) is 0 Å². The number of ether oxygens (including phenoxy) is 2. The Hall–Kier alpha value is -0.0800. The Morgan fingerprint density at radius 2 is 1.79 bits per heavy atom. The molecule has 0 aromatic heterocycles. The maximum absolute atomic E-state index is 5.50. The molecule has 1 radical (unpaired) electrons. The van der Waals surface area contributed by atoms with Crippen molar-refractivity contribution < 1.29 is 9.47 Å². The smallest absolute Gasteiger partial charge is 0.0831 e. The van der Waals surface area contributed by atoms with Gasteiger partial charge in [0.25, 0.3) is 0 Å². The van der Waals surface area contributed by atoms with E-state index >= 15 is 0 Å². The lowest BCUT2D eigenvalue weighted by Crippen LogP contribution is -2.00. The predicted octanol–water partition coefficient (Wildman–Crippen LogP) is 2.97. The summed E-state index contributed by atoms with van der Waals surface area (Å²) in [6.07, 6.45) is 9.15. The fraction of sp³-hybridized carbons (Fsp3) is 0.917. The van der Waals surface area contributed by atoms with Crippen LogP contribution in [0.25, 0.3) is 0 Å². The Bertz CT molecular complexity index is 121. The summed E-state index contributed by atoms with van der Waals surface area (Å²) >= 11 is 0. The van der Waals surface area contributed by atoms with Crippen molar-refractivity contribution in [1.82, 2.24) is 0 Å². The lowest BCUT2D eigenvalue weighted by molar-refractivity contribution is 0.121. The third-order valence-corrected chi connectivity index (χ3v) is 2.53. The average molecular weight is 199 g/mol. The van der Waals surface area contributed by atoms with Crippen molar-refractivity contribution >= 4 is 0 Å². The monoisotopic (exact) mass is 199 g/mol. The Kier molecular flexibility index (Phi) is 7.06. The van der Waals surface area contributed by atoms with E-state index in [1.54, 1.807) is 0 Å². The topological polar surface area (TPSA) is 21.8 Å². The van der Waals surface area contributed by atoms with Crippen LogP contribution in [-0.2, 0) is 9.47 Å². The molecule has 1 saturated heterocycles. The zero-order valence-electron chi connectivity index (χ0n) is 9.17. The van der Waals surface area contributed by atoms with E-state index in [-0.39, 0.29) is 0 Å². The molecular formula is C12H23O2. The van der Waals surface area contributed by atoms with Gasteiger partial charge in [0, 0.05) is 13.2 Å². The molecule has 0 aromatic rings. The highest BCUT2D eigenvalue weighted by Gasteiger charge is 2.21. The van der Waals surface area contributed by atoms with Crippen molar-refractivity contribution in [3.8, 4) is 0 Å². The Morgan fingerprint density at radius 1 is 1.07 bits per heavy atom. The second-order valence-electron chi connectivity index (χ2n) is 3.98. The molecule has 0 aliphatic carbocycles. The molecule has 1 aliphatic heterocycles. The highest BCUT2D eigenvalue weighted by Crippen LogP contribution is 2.13. The van der Waals surface area contributed by atoms with Crippen LogP contribution in [0.5, 0.6) is 0 Å². The van der Waals surface area contributed by atoms with Crippen LogP contribution in [-0.4, -0.2) is 25.9 Å². The van der Waals surface area contributed by atoms with E-state index in [4.69, 9.17) is 9.47 Å². The number of hydrogen-bond donors (Lipinski definition) is 0. The minimum absolute atomic E-state index is 0.520. The van der Waals surface area contributed by atoms with Crippen LogP contribution in [0.15, 0.2) is 0 Å². The summed E-state index contributed by atoms with van der Waals surface area (Å²) in [6.45, 7) is 6.59. The van der Waals surface area contributed by atoms with Gasteiger partial charge in [0.2, 0.25) is 0 Å². The Balaban J connectivity index is 1.63. The van der Waals surface area contributed by atoms with Crippen LogP contribution >= 0.6 is 0 Å². The predicted molar refractivity (Wildman–Crippen MR) is 58.2 cm³/mol. The molecule has 1 rings (SSSR count). The third-order valence-electron chi connectivity index (χ3n) is 2.53. The molecule has 1 atom stereocenters. The molecule has 0 aromatic carbocycles. The van der Waals surface area contributed by atoms with Crippen LogP contribution in [0.1, 0.15) is 44.9 Å². The molecule has 0 saturated carbocycles. The van der Waals surface area contributed by atoms with Crippen LogP contribution in [0, 0.1) is 6.92 Å². The zero-order chi connectivity index (χ0) is 10.1. The van der Waals surface area contributed by atoms with Crippen molar-refractivity contribution in [3.05, 3.63) is 6.92 Å². The summed E-state index contributed by atoms with van der Waals surface area (Å²) in [4.78, 5) is 0. The Labute approximate surface area is 88.0 Å². The van der Waals surface area contributed by atoms with Gasteiger partial charge in [-0.15, -0.1) is 0 Å². The second kappa shape index (κ2) is 8.25. The van der Waals surface area contributed by atoms with Gasteiger partial charge in [-0.05, 0) is 12.8 Å². The lowest BCUT2D eigenvalue weighted by atomic mass is 10.1. The number of unbranched alkanes of at least 4 members (excludes halogenated alkanes) is 5. The fourth-order valence-corrected chi connectivity index (χ4v) is 1.46. The quantitative estimate of drug-likeness (QED) is 0.398. The van der Waals surface area contributed by atoms with E-state index in [2.05, 4.69) is 6.92 Å². The molecule has 0 N–H and O–H groups in total. The first-order chi connectivity index (χ1) is 6.93. The third kappa shape index (κ3) is 7.34. The van der Waals surface area contributed by atoms with Crippen molar-refractivity contribution in [2.45, 2.75) is 51.0 Å². The standard InChI is InChI=1S/C12H23O2/c1-2-3-4-5-6-7-9-13-10-8-12-11-14-12/h12H,1-11H2. The molecule has 2 heteroatoms. The van der Waals surface area contributed by atoms with Crippen LogP contribution in [0.4, 0.5) is 0 Å². The highest BCUT2D eigenvalue weighted by atomic mass is 16.6. The van der Waals surface area contributed by atoms with Gasteiger partial charge in [-0.1, -0.05) is 39.0 Å². The average Bonchev–Trinajstić information content (AvgIpc) is 2.99. The highest BCUT2D eigenvalue weighted by molar-refractivity contribution is 4.67. The summed E-state index contributed by atoms with van der Waals surface area (Å²) in [5.41, 5.74) is 0. The van der Waals surface area contributed by atoms with Crippen LogP contribution in [0.3, 0.4) is 0 Å². The van der Waals surface area contributed by atoms with E-state index in [9.17, 15) is 0 Å². The van der Waals surface area contributed by atoms with Gasteiger partial charge >= 0.3 is 0 Å². The summed E-state index contributed by atoms with van der Waals surface area (Å²) in [7, 11) is 0. The number of hydrogen-bond acceptors (Lipinski definition) is 2. The molecule has 1 aliphatic rings. The summed E-state index contributed by atoms with van der Waals surface area (Å²) < 4.78 is 10.6. The summed E-state index contributed by atoms with van der Waals surface area (Å²) in [5.74, 6) is 0. The lowest BCUT2D eigenvalue weighted by Gasteiger charge is -2.02. The molecule has 1 fully saturated rings. The van der Waals surface area contributed by atoms with E-state index in [0.717, 1.165) is 32.7 Å². The van der Waals surface area contributed by atoms with Gasteiger partial charge in [0.15, 0.2) is 0 Å². The molecule has 83 valence electrons.